The molecule has 0 saturated carbocycles. The number of para-hydroxylation sites is 1. The van der Waals surface area contributed by atoms with Crippen LogP contribution < -0.4 is 14.5 Å². The highest BCUT2D eigenvalue weighted by molar-refractivity contribution is 8.21. The van der Waals surface area contributed by atoms with Crippen LogP contribution in [0.15, 0.2) is 54.6 Å². The number of rotatable bonds is 2. The van der Waals surface area contributed by atoms with E-state index in [1.807, 2.05) is 6.07 Å². The Morgan fingerprint density at radius 1 is 1.07 bits per heavy atom. The second-order valence-electron chi connectivity index (χ2n) is 8.41. The number of benzene rings is 3. The van der Waals surface area contributed by atoms with Gasteiger partial charge >= 0.3 is 0 Å². The number of likely N-dealkylation sites (N-methyl/N-ethyl adjacent to an activating group) is 2. The predicted octanol–water partition coefficient (Wildman–Crippen LogP) is 5.83. The van der Waals surface area contributed by atoms with Crippen LogP contribution in [0.1, 0.15) is 18.1 Å². The maximum absolute atomic E-state index is 6.63. The summed E-state index contributed by atoms with van der Waals surface area (Å²) in [7, 11) is 14.2. The Morgan fingerprint density at radius 2 is 1.83 bits per heavy atom. The van der Waals surface area contributed by atoms with E-state index in [0.717, 1.165) is 18.7 Å². The summed E-state index contributed by atoms with van der Waals surface area (Å²) in [6.45, 7) is 3.20. The van der Waals surface area contributed by atoms with Crippen LogP contribution in [-0.2, 0) is 11.2 Å². The van der Waals surface area contributed by atoms with E-state index in [0.29, 0.717) is 0 Å². The molecule has 0 aliphatic carbocycles. The molecular formula is C24H25ClN2OS. The number of fused-ring (bicyclic) bond motifs is 4. The van der Waals surface area contributed by atoms with Gasteiger partial charge in [-0.05, 0) is 63.3 Å². The highest BCUT2D eigenvalue weighted by Crippen LogP contribution is 2.61. The molecule has 3 nitrogen and oxygen atoms in total. The summed E-state index contributed by atoms with van der Waals surface area (Å²) >= 11 is 0. The van der Waals surface area contributed by atoms with Crippen LogP contribution in [0.2, 0.25) is 0 Å². The van der Waals surface area contributed by atoms with Gasteiger partial charge in [-0.3, -0.25) is 0 Å². The smallest absolute Gasteiger partial charge is 0.119 e. The zero-order chi connectivity index (χ0) is 20.4. The number of nitrogens with zero attached hydrogens (tertiary/aromatic N) is 2. The molecule has 1 spiro atoms. The monoisotopic (exact) mass is 424 g/mol. The largest absolute Gasteiger partial charge is 0.497 e. The van der Waals surface area contributed by atoms with Gasteiger partial charge in [-0.1, -0.05) is 36.4 Å². The molecule has 3 aromatic carbocycles. The molecule has 0 bridgehead atoms. The Balaban J connectivity index is 1.71. The Morgan fingerprint density at radius 3 is 2.59 bits per heavy atom. The second-order valence-corrected chi connectivity index (χ2v) is 9.85. The first-order valence-electron chi connectivity index (χ1n) is 9.89. The van der Waals surface area contributed by atoms with E-state index in [1.54, 1.807) is 7.11 Å². The summed E-state index contributed by atoms with van der Waals surface area (Å²) in [5.74, 6) is 0.895. The zero-order valence-corrected chi connectivity index (χ0v) is 18.8. The van der Waals surface area contributed by atoms with Crippen LogP contribution in [-0.4, -0.2) is 33.3 Å². The lowest BCUT2D eigenvalue weighted by Gasteiger charge is -2.52. The van der Waals surface area contributed by atoms with Crippen LogP contribution >= 0.6 is 21.7 Å². The summed E-state index contributed by atoms with van der Waals surface area (Å²) in [5, 5.41) is 2.49. The van der Waals surface area contributed by atoms with Crippen molar-refractivity contribution in [2.75, 3.05) is 37.5 Å². The molecule has 150 valence electrons. The third-order valence-electron chi connectivity index (χ3n) is 7.11. The van der Waals surface area contributed by atoms with E-state index < -0.39 is 0 Å². The van der Waals surface area contributed by atoms with E-state index >= 15 is 0 Å². The van der Waals surface area contributed by atoms with Gasteiger partial charge in [0.05, 0.1) is 17.4 Å². The molecule has 2 atom stereocenters. The molecule has 0 fully saturated rings. The van der Waals surface area contributed by atoms with E-state index in [4.69, 9.17) is 15.4 Å². The van der Waals surface area contributed by atoms with Crippen molar-refractivity contribution < 1.29 is 4.74 Å². The fourth-order valence-electron chi connectivity index (χ4n) is 5.52. The van der Waals surface area contributed by atoms with Crippen molar-refractivity contribution in [2.45, 2.75) is 23.6 Å². The molecule has 2 aliphatic heterocycles. The summed E-state index contributed by atoms with van der Waals surface area (Å²) < 4.78 is 5.29. The lowest BCUT2D eigenvalue weighted by atomic mass is 9.74. The normalized spacial score (nSPS) is 25.4. The standard InChI is InChI=1S/C24H25ClN2OS/c1-23(29-25)20-7-5-6-8-21(20)27(3)24(23)14-17-10-9-16-11-12-18(28-4)13-19(16)22(17)26(2)15-24/h5-13H,14-15H2,1-4H3. The highest BCUT2D eigenvalue weighted by atomic mass is 35.7. The molecule has 2 aliphatic rings. The van der Waals surface area contributed by atoms with Gasteiger partial charge in [0.2, 0.25) is 0 Å². The van der Waals surface area contributed by atoms with Gasteiger partial charge in [0, 0.05) is 43.8 Å². The Bertz CT molecular complexity index is 1120. The number of hydrogen-bond donors (Lipinski definition) is 0. The molecule has 29 heavy (non-hydrogen) atoms. The summed E-state index contributed by atoms with van der Waals surface area (Å²) in [6, 6.07) is 19.5. The molecule has 2 unspecified atom stereocenters. The number of halogens is 1. The average molecular weight is 425 g/mol. The SMILES string of the molecule is COc1ccc2ccc3c(c2c1)N(C)CC1(C3)N(C)c2ccccc2C1(C)SCl. The van der Waals surface area contributed by atoms with Gasteiger partial charge < -0.3 is 14.5 Å². The van der Waals surface area contributed by atoms with Crippen LogP contribution in [0.4, 0.5) is 11.4 Å². The maximum atomic E-state index is 6.63. The van der Waals surface area contributed by atoms with Crippen LogP contribution in [0.25, 0.3) is 10.8 Å². The third-order valence-corrected chi connectivity index (χ3v) is 8.95. The lowest BCUT2D eigenvalue weighted by molar-refractivity contribution is 0.332. The minimum absolute atomic E-state index is 0.128. The van der Waals surface area contributed by atoms with Gasteiger partial charge in [0.15, 0.2) is 0 Å². The zero-order valence-electron chi connectivity index (χ0n) is 17.2. The fraction of sp³-hybridized carbons (Fsp3) is 0.333. The molecule has 0 N–H and O–H groups in total. The summed E-state index contributed by atoms with van der Waals surface area (Å²) in [5.41, 5.74) is 5.14. The third kappa shape index (κ3) is 2.39. The van der Waals surface area contributed by atoms with Crippen LogP contribution in [0, 0.1) is 0 Å². The van der Waals surface area contributed by atoms with E-state index in [9.17, 15) is 0 Å². The van der Waals surface area contributed by atoms with Gasteiger partial charge in [0.25, 0.3) is 0 Å². The first kappa shape index (κ1) is 19.0. The van der Waals surface area contributed by atoms with E-state index in [2.05, 4.69) is 79.3 Å². The Kier molecular flexibility index (Phi) is 4.24. The Labute approximate surface area is 181 Å². The molecular weight excluding hydrogens is 400 g/mol. The van der Waals surface area contributed by atoms with Crippen molar-refractivity contribution in [2.24, 2.45) is 0 Å². The second kappa shape index (κ2) is 6.48. The van der Waals surface area contributed by atoms with Gasteiger partial charge in [-0.2, -0.15) is 0 Å². The van der Waals surface area contributed by atoms with E-state index in [1.165, 1.54) is 44.2 Å². The van der Waals surface area contributed by atoms with Crippen molar-refractivity contribution in [3.63, 3.8) is 0 Å². The van der Waals surface area contributed by atoms with E-state index in [-0.39, 0.29) is 10.3 Å². The first-order chi connectivity index (χ1) is 13.9. The quantitative estimate of drug-likeness (QED) is 0.513. The van der Waals surface area contributed by atoms with Crippen molar-refractivity contribution >= 4 is 43.8 Å². The molecule has 3 aromatic rings. The highest BCUT2D eigenvalue weighted by Gasteiger charge is 2.60. The van der Waals surface area contributed by atoms with Gasteiger partial charge in [-0.15, -0.1) is 0 Å². The molecule has 0 radical (unpaired) electrons. The minimum Gasteiger partial charge on any atom is -0.497 e. The van der Waals surface area contributed by atoms with Crippen molar-refractivity contribution in [1.82, 2.24) is 0 Å². The topological polar surface area (TPSA) is 15.7 Å². The average Bonchev–Trinajstić information content (AvgIpc) is 2.92. The molecule has 0 saturated heterocycles. The van der Waals surface area contributed by atoms with Gasteiger partial charge in [-0.25, -0.2) is 0 Å². The first-order valence-corrected chi connectivity index (χ1v) is 11.5. The molecule has 2 heterocycles. The van der Waals surface area contributed by atoms with Crippen molar-refractivity contribution in [3.8, 4) is 5.75 Å². The van der Waals surface area contributed by atoms with Crippen LogP contribution in [0.3, 0.4) is 0 Å². The molecule has 0 aromatic heterocycles. The fourth-order valence-corrected chi connectivity index (χ4v) is 6.87. The maximum Gasteiger partial charge on any atom is 0.119 e. The number of anilines is 2. The molecule has 0 amide bonds. The number of methoxy groups -OCH3 is 1. The van der Waals surface area contributed by atoms with Crippen LogP contribution in [0.5, 0.6) is 5.75 Å². The molecule has 5 rings (SSSR count). The number of ether oxygens (including phenoxy) is 1. The van der Waals surface area contributed by atoms with Crippen molar-refractivity contribution in [1.29, 1.82) is 0 Å². The Hall–Kier alpha value is -2.04. The predicted molar refractivity (Wildman–Crippen MR) is 126 cm³/mol. The minimum atomic E-state index is -0.213. The summed E-state index contributed by atoms with van der Waals surface area (Å²) in [6.07, 6.45) is 0.946. The lowest BCUT2D eigenvalue weighted by Crippen LogP contribution is -2.63. The summed E-state index contributed by atoms with van der Waals surface area (Å²) in [4.78, 5) is 4.88. The molecule has 5 heteroatoms. The van der Waals surface area contributed by atoms with Gasteiger partial charge in [0.1, 0.15) is 5.75 Å². The van der Waals surface area contributed by atoms with Crippen molar-refractivity contribution in [3.05, 3.63) is 65.7 Å². The number of hydrogen-bond acceptors (Lipinski definition) is 4.